The summed E-state index contributed by atoms with van der Waals surface area (Å²) in [6.07, 6.45) is -0.107. The van der Waals surface area contributed by atoms with Gasteiger partial charge in [0, 0.05) is 17.1 Å². The van der Waals surface area contributed by atoms with Crippen molar-refractivity contribution < 1.29 is 19.3 Å². The number of anilines is 2. The van der Waals surface area contributed by atoms with E-state index in [-0.39, 0.29) is 0 Å². The minimum Gasteiger partial charge on any atom is -0.298 e. The largest absolute Gasteiger partial charge is 0.437 e. The number of benzene rings is 2. The van der Waals surface area contributed by atoms with E-state index in [0.29, 0.717) is 41.6 Å². The molecule has 174 valence electrons. The Hall–Kier alpha value is -1.82. The molecule has 0 saturated carbocycles. The second-order valence-electron chi connectivity index (χ2n) is 6.56. The molecule has 1 heterocycles. The van der Waals surface area contributed by atoms with Gasteiger partial charge in [0.25, 0.3) is 0 Å². The van der Waals surface area contributed by atoms with E-state index >= 15 is 0 Å². The molecule has 0 bridgehead atoms. The molecule has 1 saturated heterocycles. The van der Waals surface area contributed by atoms with Crippen LogP contribution < -0.4 is 10.6 Å². The molecular weight excluding hydrogens is 554 g/mol. The van der Waals surface area contributed by atoms with Gasteiger partial charge in [-0.15, -0.1) is 0 Å². The molecule has 1 aliphatic heterocycles. The lowest BCUT2D eigenvalue weighted by Crippen LogP contribution is -2.22. The second kappa shape index (κ2) is 11.5. The average molecular weight is 568 g/mol. The number of nitrogens with zero attached hydrogens (tertiary/aromatic N) is 2. The Labute approximate surface area is 217 Å². The minimum atomic E-state index is -0.792. The van der Waals surface area contributed by atoms with Gasteiger partial charge in [-0.2, -0.15) is 0 Å². The summed E-state index contributed by atoms with van der Waals surface area (Å²) in [6, 6.07) is 9.22. The fourth-order valence-corrected chi connectivity index (χ4v) is 5.40. The van der Waals surface area contributed by atoms with Gasteiger partial charge in [0.15, 0.2) is 4.38 Å². The molecule has 1 aliphatic rings. The summed E-state index contributed by atoms with van der Waals surface area (Å²) in [6.45, 7) is 1.87. The third-order valence-corrected chi connectivity index (χ3v) is 8.09. The predicted molar refractivity (Wildman–Crippen MR) is 138 cm³/mol. The maximum absolute atomic E-state index is 11.9. The first-order chi connectivity index (χ1) is 15.6. The van der Waals surface area contributed by atoms with Crippen LogP contribution in [0.2, 0.25) is 20.1 Å². The molecule has 2 aromatic carbocycles. The number of halogens is 4. The molecule has 0 unspecified atom stereocenters. The zero-order valence-electron chi connectivity index (χ0n) is 16.6. The summed E-state index contributed by atoms with van der Waals surface area (Å²) in [5.41, 5.74) is 0.821. The first-order valence-corrected chi connectivity index (χ1v) is 12.3. The van der Waals surface area contributed by atoms with Gasteiger partial charge in [-0.1, -0.05) is 80.2 Å². The van der Waals surface area contributed by atoms with Crippen molar-refractivity contribution in [3.8, 4) is 0 Å². The van der Waals surface area contributed by atoms with Gasteiger partial charge in [-0.25, -0.2) is 9.59 Å². The summed E-state index contributed by atoms with van der Waals surface area (Å²) in [5.74, 6) is 0.565. The molecule has 0 aliphatic carbocycles. The van der Waals surface area contributed by atoms with Crippen molar-refractivity contribution in [3.63, 3.8) is 0 Å². The van der Waals surface area contributed by atoms with E-state index in [1.54, 1.807) is 24.3 Å². The van der Waals surface area contributed by atoms with Crippen LogP contribution in [0.1, 0.15) is 6.92 Å². The Bertz CT molecular complexity index is 1130. The van der Waals surface area contributed by atoms with Crippen LogP contribution in [0.15, 0.2) is 46.7 Å². The summed E-state index contributed by atoms with van der Waals surface area (Å²) < 4.78 is -0.0230. The van der Waals surface area contributed by atoms with Crippen molar-refractivity contribution in [2.24, 2.45) is 10.3 Å². The van der Waals surface area contributed by atoms with Gasteiger partial charge in [-0.3, -0.25) is 20.3 Å². The maximum atomic E-state index is 11.9. The predicted octanol–water partition coefficient (Wildman–Crippen LogP) is 7.59. The molecule has 33 heavy (non-hydrogen) atoms. The zero-order valence-corrected chi connectivity index (χ0v) is 21.3. The molecule has 1 atom stereocenters. The van der Waals surface area contributed by atoms with E-state index in [1.165, 1.54) is 41.9 Å². The number of thioether (sulfide) groups is 2. The summed E-state index contributed by atoms with van der Waals surface area (Å²) in [5, 5.41) is 13.9. The summed E-state index contributed by atoms with van der Waals surface area (Å²) in [7, 11) is 0. The van der Waals surface area contributed by atoms with E-state index in [0.717, 1.165) is 0 Å². The van der Waals surface area contributed by atoms with Crippen molar-refractivity contribution in [3.05, 3.63) is 56.5 Å². The van der Waals surface area contributed by atoms with Gasteiger partial charge in [0.05, 0.1) is 31.1 Å². The number of hydrogen-bond donors (Lipinski definition) is 2. The van der Waals surface area contributed by atoms with Crippen LogP contribution in [-0.2, 0) is 9.68 Å². The Balaban J connectivity index is 1.46. The molecule has 0 aromatic heterocycles. The van der Waals surface area contributed by atoms with E-state index in [9.17, 15) is 9.59 Å². The molecule has 2 aromatic rings. The average Bonchev–Trinajstić information content (AvgIpc) is 3.13. The van der Waals surface area contributed by atoms with Crippen LogP contribution in [0.5, 0.6) is 0 Å². The van der Waals surface area contributed by atoms with Gasteiger partial charge in [0.2, 0.25) is 0 Å². The first-order valence-electron chi connectivity index (χ1n) is 8.94. The van der Waals surface area contributed by atoms with Gasteiger partial charge < -0.3 is 0 Å². The van der Waals surface area contributed by atoms with Crippen LogP contribution >= 0.6 is 69.9 Å². The molecule has 0 spiro atoms. The molecule has 14 heteroatoms. The Morgan fingerprint density at radius 2 is 1.48 bits per heavy atom. The van der Waals surface area contributed by atoms with Crippen LogP contribution in [0, 0.1) is 0 Å². The molecule has 2 N–H and O–H groups in total. The molecular formula is C19H14Cl4N4O4S2. The fourth-order valence-electron chi connectivity index (χ4n) is 2.27. The first kappa shape index (κ1) is 25.8. The lowest BCUT2D eigenvalue weighted by molar-refractivity contribution is 0.166. The number of oxime groups is 2. The number of nitrogens with one attached hydrogen (secondary N) is 2. The van der Waals surface area contributed by atoms with E-state index in [4.69, 9.17) is 56.1 Å². The summed E-state index contributed by atoms with van der Waals surface area (Å²) >= 11 is 26.1. The smallest absolute Gasteiger partial charge is 0.298 e. The number of carbonyl (C=O) groups is 2. The zero-order chi connectivity index (χ0) is 24.0. The topological polar surface area (TPSA) is 101 Å². The second-order valence-corrected chi connectivity index (χ2v) is 10.9. The third kappa shape index (κ3) is 7.87. The highest BCUT2D eigenvalue weighted by Crippen LogP contribution is 2.41. The lowest BCUT2D eigenvalue weighted by atomic mass is 10.2. The Kier molecular flexibility index (Phi) is 9.02. The Morgan fingerprint density at radius 1 is 0.939 bits per heavy atom. The standard InChI is InChI=1S/C19H14Cl4N4O4S2/c1-19(8-24-30-16(28)25-10-2-4-12(20)14(22)6-10)9-32-18(33-19)27-31-17(29)26-11-3-5-13(21)15(23)7-11/h2-8H,9H2,1H3,(H,25,28)(H,26,29)/b24-8-,27-18-/t19-/m0/s1. The van der Waals surface area contributed by atoms with Crippen molar-refractivity contribution in [2.45, 2.75) is 11.7 Å². The molecule has 8 nitrogen and oxygen atoms in total. The molecule has 1 fully saturated rings. The normalized spacial score (nSPS) is 19.0. The quantitative estimate of drug-likeness (QED) is 0.219. The van der Waals surface area contributed by atoms with Crippen molar-refractivity contribution in [1.29, 1.82) is 0 Å². The highest BCUT2D eigenvalue weighted by atomic mass is 35.5. The highest BCUT2D eigenvalue weighted by Gasteiger charge is 2.34. The van der Waals surface area contributed by atoms with Gasteiger partial charge in [-0.05, 0) is 43.3 Å². The molecule has 3 rings (SSSR count). The van der Waals surface area contributed by atoms with Crippen LogP contribution in [-0.4, -0.2) is 33.3 Å². The number of amides is 2. The number of hydrogen-bond acceptors (Lipinski definition) is 8. The maximum Gasteiger partial charge on any atom is 0.437 e. The van der Waals surface area contributed by atoms with E-state index < -0.39 is 16.9 Å². The highest BCUT2D eigenvalue weighted by molar-refractivity contribution is 8.42. The Morgan fingerprint density at radius 3 is 2.03 bits per heavy atom. The fraction of sp³-hybridized carbons (Fsp3) is 0.158. The van der Waals surface area contributed by atoms with Gasteiger partial charge in [0.1, 0.15) is 0 Å². The van der Waals surface area contributed by atoms with Gasteiger partial charge >= 0.3 is 12.2 Å². The van der Waals surface area contributed by atoms with Crippen LogP contribution in [0.25, 0.3) is 0 Å². The van der Waals surface area contributed by atoms with E-state index in [1.807, 2.05) is 6.92 Å². The van der Waals surface area contributed by atoms with Crippen LogP contribution in [0.4, 0.5) is 21.0 Å². The number of carbonyl (C=O) groups excluding carboxylic acids is 2. The number of rotatable bonds is 5. The van der Waals surface area contributed by atoms with Crippen molar-refractivity contribution in [2.75, 3.05) is 16.4 Å². The lowest BCUT2D eigenvalue weighted by Gasteiger charge is -2.13. The third-order valence-electron chi connectivity index (χ3n) is 3.80. The molecule has 2 amide bonds. The van der Waals surface area contributed by atoms with E-state index in [2.05, 4.69) is 20.9 Å². The van der Waals surface area contributed by atoms with Crippen molar-refractivity contribution in [1.82, 2.24) is 0 Å². The van der Waals surface area contributed by atoms with Crippen molar-refractivity contribution >= 4 is 104 Å². The summed E-state index contributed by atoms with van der Waals surface area (Å²) in [4.78, 5) is 33.5. The monoisotopic (exact) mass is 566 g/mol. The molecule has 0 radical (unpaired) electrons. The minimum absolute atomic E-state index is 0.296. The SMILES string of the molecule is C[C@]1(/C=N\OC(=O)Nc2ccc(Cl)c(Cl)c2)CS/C(=N/OC(=O)Nc2ccc(Cl)c(Cl)c2)S1. The van der Waals surface area contributed by atoms with Crippen LogP contribution in [0.3, 0.4) is 0 Å².